The average Bonchev–Trinajstić information content (AvgIpc) is 2.72. The zero-order valence-electron chi connectivity index (χ0n) is 11.3. The number of hydrogen-bond donors (Lipinski definition) is 2. The summed E-state index contributed by atoms with van der Waals surface area (Å²) in [6.45, 7) is 0.791. The van der Waals surface area contributed by atoms with Gasteiger partial charge in [0.1, 0.15) is 0 Å². The van der Waals surface area contributed by atoms with E-state index < -0.39 is 5.97 Å². The van der Waals surface area contributed by atoms with Gasteiger partial charge in [0, 0.05) is 20.1 Å². The second kappa shape index (κ2) is 6.70. The molecular weight excluding hydrogens is 234 g/mol. The molecule has 0 aliphatic carbocycles. The highest BCUT2D eigenvalue weighted by molar-refractivity contribution is 5.81. The molecule has 18 heavy (non-hydrogen) atoms. The maximum absolute atomic E-state index is 11.7. The van der Waals surface area contributed by atoms with Gasteiger partial charge in [-0.3, -0.25) is 14.5 Å². The van der Waals surface area contributed by atoms with Gasteiger partial charge < -0.3 is 15.3 Å². The van der Waals surface area contributed by atoms with E-state index in [1.165, 1.54) is 0 Å². The number of hydrogen-bond acceptors (Lipinski definition) is 4. The lowest BCUT2D eigenvalue weighted by atomic mass is 10.1. The fourth-order valence-corrected chi connectivity index (χ4v) is 2.24. The van der Waals surface area contributed by atoms with Crippen LogP contribution in [0, 0.1) is 0 Å². The first-order valence-electron chi connectivity index (χ1n) is 6.27. The first-order valence-corrected chi connectivity index (χ1v) is 6.27. The number of carbonyl (C=O) groups excluding carboxylic acids is 1. The standard InChI is InChI=1S/C12H23N3O3/c1-14(2)12(18)10-5-4-9(13-10)6-7-15(3)8-11(16)17/h9-10,13H,4-8H2,1-3H3,(H,16,17). The molecule has 0 spiro atoms. The maximum Gasteiger partial charge on any atom is 0.317 e. The van der Waals surface area contributed by atoms with Crippen molar-refractivity contribution in [3.05, 3.63) is 0 Å². The molecule has 0 radical (unpaired) electrons. The van der Waals surface area contributed by atoms with Crippen molar-refractivity contribution in [2.45, 2.75) is 31.3 Å². The van der Waals surface area contributed by atoms with Gasteiger partial charge in [-0.05, 0) is 32.9 Å². The third kappa shape index (κ3) is 4.62. The van der Waals surface area contributed by atoms with Crippen LogP contribution in [0.1, 0.15) is 19.3 Å². The van der Waals surface area contributed by atoms with Crippen LogP contribution in [0.15, 0.2) is 0 Å². The highest BCUT2D eigenvalue weighted by atomic mass is 16.4. The second-order valence-corrected chi connectivity index (χ2v) is 5.15. The number of carbonyl (C=O) groups is 2. The second-order valence-electron chi connectivity index (χ2n) is 5.15. The normalized spacial score (nSPS) is 23.3. The zero-order valence-corrected chi connectivity index (χ0v) is 11.3. The summed E-state index contributed by atoms with van der Waals surface area (Å²) >= 11 is 0. The van der Waals surface area contributed by atoms with Crippen molar-refractivity contribution >= 4 is 11.9 Å². The molecule has 0 saturated carbocycles. The summed E-state index contributed by atoms with van der Waals surface area (Å²) in [6.07, 6.45) is 2.72. The van der Waals surface area contributed by atoms with Crippen LogP contribution in [-0.4, -0.2) is 73.1 Å². The Morgan fingerprint density at radius 3 is 2.50 bits per heavy atom. The van der Waals surface area contributed by atoms with Crippen LogP contribution in [0.5, 0.6) is 0 Å². The van der Waals surface area contributed by atoms with Crippen LogP contribution < -0.4 is 5.32 Å². The highest BCUT2D eigenvalue weighted by Gasteiger charge is 2.29. The molecule has 0 aromatic heterocycles. The lowest BCUT2D eigenvalue weighted by Gasteiger charge is -2.19. The lowest BCUT2D eigenvalue weighted by molar-refractivity contribution is -0.138. The molecule has 1 aliphatic rings. The Kier molecular flexibility index (Phi) is 5.55. The van der Waals surface area contributed by atoms with Gasteiger partial charge in [-0.1, -0.05) is 0 Å². The van der Waals surface area contributed by atoms with Gasteiger partial charge in [-0.25, -0.2) is 0 Å². The predicted octanol–water partition coefficient (Wildman–Crippen LogP) is -0.398. The molecule has 2 atom stereocenters. The molecule has 1 aliphatic heterocycles. The molecular formula is C12H23N3O3. The smallest absolute Gasteiger partial charge is 0.317 e. The minimum absolute atomic E-state index is 0.0623. The monoisotopic (exact) mass is 257 g/mol. The SMILES string of the molecule is CN(CCC1CCC(C(=O)N(C)C)N1)CC(=O)O. The number of carboxylic acid groups (broad SMARTS) is 1. The van der Waals surface area contributed by atoms with Gasteiger partial charge in [0.15, 0.2) is 0 Å². The van der Waals surface area contributed by atoms with Gasteiger partial charge in [0.2, 0.25) is 5.91 Å². The quantitative estimate of drug-likeness (QED) is 0.677. The Balaban J connectivity index is 2.26. The Labute approximate surface area is 108 Å². The van der Waals surface area contributed by atoms with Crippen molar-refractivity contribution < 1.29 is 14.7 Å². The zero-order chi connectivity index (χ0) is 13.7. The third-order valence-electron chi connectivity index (χ3n) is 3.24. The van der Waals surface area contributed by atoms with Crippen LogP contribution in [0.2, 0.25) is 0 Å². The lowest BCUT2D eigenvalue weighted by Crippen LogP contribution is -2.42. The fraction of sp³-hybridized carbons (Fsp3) is 0.833. The summed E-state index contributed by atoms with van der Waals surface area (Å²) in [7, 11) is 5.32. The van der Waals surface area contributed by atoms with Crippen molar-refractivity contribution in [1.82, 2.24) is 15.1 Å². The van der Waals surface area contributed by atoms with Gasteiger partial charge in [-0.2, -0.15) is 0 Å². The van der Waals surface area contributed by atoms with Crippen molar-refractivity contribution in [3.63, 3.8) is 0 Å². The van der Waals surface area contributed by atoms with Crippen LogP contribution >= 0.6 is 0 Å². The molecule has 1 heterocycles. The Hall–Kier alpha value is -1.14. The summed E-state index contributed by atoms with van der Waals surface area (Å²) in [5.74, 6) is -0.686. The predicted molar refractivity (Wildman–Crippen MR) is 68.4 cm³/mol. The highest BCUT2D eigenvalue weighted by Crippen LogP contribution is 2.16. The third-order valence-corrected chi connectivity index (χ3v) is 3.24. The number of nitrogens with one attached hydrogen (secondary N) is 1. The number of nitrogens with zero attached hydrogens (tertiary/aromatic N) is 2. The molecule has 1 fully saturated rings. The van der Waals surface area contributed by atoms with Crippen LogP contribution in [0.25, 0.3) is 0 Å². The van der Waals surface area contributed by atoms with E-state index in [0.717, 1.165) is 25.8 Å². The van der Waals surface area contributed by atoms with Crippen molar-refractivity contribution in [1.29, 1.82) is 0 Å². The molecule has 1 rings (SSSR count). The van der Waals surface area contributed by atoms with E-state index in [0.29, 0.717) is 6.04 Å². The number of likely N-dealkylation sites (N-methyl/N-ethyl adjacent to an activating group) is 2. The van der Waals surface area contributed by atoms with E-state index in [1.54, 1.807) is 30.9 Å². The number of carboxylic acids is 1. The van der Waals surface area contributed by atoms with E-state index in [4.69, 9.17) is 5.11 Å². The fourth-order valence-electron chi connectivity index (χ4n) is 2.24. The number of rotatable bonds is 6. The molecule has 0 bridgehead atoms. The maximum atomic E-state index is 11.7. The molecule has 6 nitrogen and oxygen atoms in total. The van der Waals surface area contributed by atoms with Crippen molar-refractivity contribution in [2.75, 3.05) is 34.2 Å². The van der Waals surface area contributed by atoms with E-state index in [-0.39, 0.29) is 18.5 Å². The summed E-state index contributed by atoms with van der Waals surface area (Å²) in [5, 5.41) is 12.0. The van der Waals surface area contributed by atoms with Gasteiger partial charge in [0.25, 0.3) is 0 Å². The molecule has 1 amide bonds. The average molecular weight is 257 g/mol. The Morgan fingerprint density at radius 1 is 1.28 bits per heavy atom. The van der Waals surface area contributed by atoms with Gasteiger partial charge in [-0.15, -0.1) is 0 Å². The van der Waals surface area contributed by atoms with E-state index in [1.807, 2.05) is 0 Å². The molecule has 0 aromatic rings. The number of aliphatic carboxylic acids is 1. The minimum atomic E-state index is -0.808. The van der Waals surface area contributed by atoms with Crippen LogP contribution in [0.4, 0.5) is 0 Å². The van der Waals surface area contributed by atoms with Gasteiger partial charge in [0.05, 0.1) is 12.6 Å². The van der Waals surface area contributed by atoms with Crippen LogP contribution in [-0.2, 0) is 9.59 Å². The molecule has 2 N–H and O–H groups in total. The summed E-state index contributed by atoms with van der Waals surface area (Å²) in [6, 6.07) is 0.241. The number of amides is 1. The molecule has 1 saturated heterocycles. The first kappa shape index (κ1) is 14.9. The summed E-state index contributed by atoms with van der Waals surface area (Å²) < 4.78 is 0. The molecule has 0 aromatic carbocycles. The Morgan fingerprint density at radius 2 is 1.94 bits per heavy atom. The van der Waals surface area contributed by atoms with E-state index >= 15 is 0 Å². The Bertz CT molecular complexity index is 307. The minimum Gasteiger partial charge on any atom is -0.480 e. The van der Waals surface area contributed by atoms with Crippen molar-refractivity contribution in [2.24, 2.45) is 0 Å². The van der Waals surface area contributed by atoms with Crippen LogP contribution in [0.3, 0.4) is 0 Å². The first-order chi connectivity index (χ1) is 8.40. The van der Waals surface area contributed by atoms with Crippen molar-refractivity contribution in [3.8, 4) is 0 Å². The molecule has 104 valence electrons. The summed E-state index contributed by atoms with van der Waals surface area (Å²) in [4.78, 5) is 25.7. The molecule has 6 heteroatoms. The molecule has 2 unspecified atom stereocenters. The van der Waals surface area contributed by atoms with Gasteiger partial charge >= 0.3 is 5.97 Å². The largest absolute Gasteiger partial charge is 0.480 e. The van der Waals surface area contributed by atoms with E-state index in [9.17, 15) is 9.59 Å². The topological polar surface area (TPSA) is 72.9 Å². The summed E-state index contributed by atoms with van der Waals surface area (Å²) in [5.41, 5.74) is 0. The van der Waals surface area contributed by atoms with E-state index in [2.05, 4.69) is 5.32 Å².